The van der Waals surface area contributed by atoms with Gasteiger partial charge in [0.2, 0.25) is 0 Å². The highest BCUT2D eigenvalue weighted by molar-refractivity contribution is 5.76. The summed E-state index contributed by atoms with van der Waals surface area (Å²) in [6, 6.07) is 18.7. The molecule has 0 radical (unpaired) electrons. The zero-order chi connectivity index (χ0) is 56.7. The molecule has 0 heterocycles. The zero-order valence-electron chi connectivity index (χ0n) is 46.7. The fourth-order valence-corrected chi connectivity index (χ4v) is 4.92. The summed E-state index contributed by atoms with van der Waals surface area (Å²) >= 11 is 0. The third-order valence-electron chi connectivity index (χ3n) is 8.38. The molecule has 0 spiro atoms. The van der Waals surface area contributed by atoms with E-state index in [1.165, 1.54) is 13.8 Å². The van der Waals surface area contributed by atoms with Gasteiger partial charge in [-0.15, -0.1) is 0 Å². The second-order valence-electron chi connectivity index (χ2n) is 18.9. The van der Waals surface area contributed by atoms with Gasteiger partial charge < -0.3 is 71.1 Å². The van der Waals surface area contributed by atoms with Crippen molar-refractivity contribution in [2.45, 2.75) is 148 Å². The molecule has 0 saturated carbocycles. The molecule has 0 aromatic heterocycles. The van der Waals surface area contributed by atoms with Crippen molar-refractivity contribution in [1.82, 2.24) is 0 Å². The Morgan fingerprint density at radius 3 is 0.827 bits per heavy atom. The van der Waals surface area contributed by atoms with Crippen molar-refractivity contribution < 1.29 is 99.8 Å². The maximum absolute atomic E-state index is 11.9. The molecule has 75 heavy (non-hydrogen) atoms. The molecule has 0 fully saturated rings. The molecule has 0 aliphatic heterocycles. The molecule has 428 valence electrons. The third-order valence-corrected chi connectivity index (χ3v) is 8.38. The van der Waals surface area contributed by atoms with Gasteiger partial charge in [-0.2, -0.15) is 0 Å². The molecule has 2 aromatic carbocycles. The fourth-order valence-electron chi connectivity index (χ4n) is 4.92. The Morgan fingerprint density at radius 1 is 0.360 bits per heavy atom. The Balaban J connectivity index is 0.00000113. The van der Waals surface area contributed by atoms with Crippen LogP contribution in [-0.4, -0.2) is 153 Å². The normalized spacial score (nSPS) is 11.5. The minimum atomic E-state index is -0.944. The molecule has 21 nitrogen and oxygen atoms in total. The van der Waals surface area contributed by atoms with E-state index in [0.717, 1.165) is 11.1 Å². The van der Waals surface area contributed by atoms with Gasteiger partial charge in [0.25, 0.3) is 19.4 Å². The van der Waals surface area contributed by atoms with Gasteiger partial charge in [-0.1, -0.05) is 60.7 Å². The van der Waals surface area contributed by atoms with E-state index in [9.17, 15) is 28.8 Å². The van der Waals surface area contributed by atoms with Crippen LogP contribution in [0.4, 0.5) is 0 Å². The number of ether oxygens (including phenoxy) is 15. The molecule has 0 unspecified atom stereocenters. The Bertz CT molecular complexity index is 1710. The summed E-state index contributed by atoms with van der Waals surface area (Å²) in [4.78, 5) is 68.1. The van der Waals surface area contributed by atoms with Gasteiger partial charge in [0, 0.05) is 13.8 Å². The van der Waals surface area contributed by atoms with Gasteiger partial charge in [0.1, 0.15) is 39.6 Å². The van der Waals surface area contributed by atoms with Crippen LogP contribution >= 0.6 is 0 Å². The van der Waals surface area contributed by atoms with E-state index >= 15 is 0 Å². The van der Waals surface area contributed by atoms with E-state index in [2.05, 4.69) is 0 Å². The summed E-state index contributed by atoms with van der Waals surface area (Å²) in [5.41, 5.74) is 0.668. The molecule has 0 saturated heterocycles. The van der Waals surface area contributed by atoms with Crippen molar-refractivity contribution in [3.8, 4) is 0 Å². The van der Waals surface area contributed by atoms with E-state index in [1.54, 1.807) is 41.5 Å². The van der Waals surface area contributed by atoms with Crippen LogP contribution in [0.1, 0.15) is 108 Å². The summed E-state index contributed by atoms with van der Waals surface area (Å²) in [7, 11) is 0. The number of rotatable bonds is 34. The number of hydrogen-bond acceptors (Lipinski definition) is 21. The van der Waals surface area contributed by atoms with E-state index in [4.69, 9.17) is 71.1 Å². The summed E-state index contributed by atoms with van der Waals surface area (Å²) in [5.74, 6) is -2.01. The van der Waals surface area contributed by atoms with Gasteiger partial charge in [-0.05, 0) is 94.2 Å². The van der Waals surface area contributed by atoms with Crippen LogP contribution in [0.5, 0.6) is 0 Å². The van der Waals surface area contributed by atoms with E-state index < -0.39 is 30.3 Å². The highest BCUT2D eigenvalue weighted by atomic mass is 16.9. The molecule has 0 amide bonds. The molecule has 0 bridgehead atoms. The number of carbonyl (C=O) groups excluding carboxylic acids is 6. The van der Waals surface area contributed by atoms with Gasteiger partial charge >= 0.3 is 35.8 Å². The topological polar surface area (TPSA) is 241 Å². The van der Waals surface area contributed by atoms with Crippen LogP contribution in [0, 0.1) is 10.8 Å². The maximum Gasteiger partial charge on any atom is 0.311 e. The molecular weight excluding hydrogens is 985 g/mol. The summed E-state index contributed by atoms with van der Waals surface area (Å²) in [6.07, 6.45) is 0.0767. The second kappa shape index (κ2) is 41.1. The lowest BCUT2D eigenvalue weighted by atomic mass is 9.97. The fraction of sp³-hybridized carbons (Fsp3) is 0.667. The smallest absolute Gasteiger partial charge is 0.311 e. The van der Waals surface area contributed by atoms with Crippen LogP contribution in [0.15, 0.2) is 60.7 Å². The van der Waals surface area contributed by atoms with Crippen molar-refractivity contribution >= 4 is 35.8 Å². The molecule has 2 rings (SSSR count). The summed E-state index contributed by atoms with van der Waals surface area (Å²) in [5, 5.41) is 0. The number of benzene rings is 2. The highest BCUT2D eigenvalue weighted by Gasteiger charge is 2.25. The number of hydrogen-bond donors (Lipinski definition) is 0. The van der Waals surface area contributed by atoms with Crippen LogP contribution in [0.3, 0.4) is 0 Å². The first-order valence-electron chi connectivity index (χ1n) is 24.9. The molecular formula is C54H86O21. The van der Waals surface area contributed by atoms with E-state index in [1.807, 2.05) is 102 Å². The van der Waals surface area contributed by atoms with Crippen LogP contribution in [0.25, 0.3) is 0 Å². The molecule has 0 aliphatic rings. The van der Waals surface area contributed by atoms with E-state index in [0.29, 0.717) is 0 Å². The summed E-state index contributed by atoms with van der Waals surface area (Å²) in [6.45, 7) is 23.1. The average molecular weight is 1070 g/mol. The first kappa shape index (κ1) is 69.9. The van der Waals surface area contributed by atoms with Crippen molar-refractivity contribution in [3.63, 3.8) is 0 Å². The largest absolute Gasteiger partial charge is 0.463 e. The Labute approximate surface area is 444 Å². The minimum Gasteiger partial charge on any atom is -0.463 e. The number of esters is 6. The molecule has 0 atom stereocenters. The van der Waals surface area contributed by atoms with Crippen molar-refractivity contribution in [2.75, 3.05) is 79.3 Å². The SMILES string of the molecule is CC(=O)OCCOC(OCCOC(C)=O)OC(C)C.CC(C)OC(OCCOC(=O)C(C)(C)C)OCCOC(=O)C(C)(C)C.CC(C)OC(OCCOC(=O)Cc1ccccc1)OCCOC(=O)Cc1ccccc1. The minimum absolute atomic E-state index is 0.0824. The Hall–Kier alpha value is -5.10. The Morgan fingerprint density at radius 2 is 0.600 bits per heavy atom. The van der Waals surface area contributed by atoms with Crippen molar-refractivity contribution in [2.24, 2.45) is 10.8 Å². The lowest BCUT2D eigenvalue weighted by molar-refractivity contribution is -0.304. The predicted octanol–water partition coefficient (Wildman–Crippen LogP) is 7.06. The van der Waals surface area contributed by atoms with Gasteiger partial charge in [-0.25, -0.2) is 0 Å². The van der Waals surface area contributed by atoms with Crippen molar-refractivity contribution in [3.05, 3.63) is 71.8 Å². The quantitative estimate of drug-likeness (QED) is 0.0295. The van der Waals surface area contributed by atoms with Crippen LogP contribution in [-0.2, 0) is 113 Å². The number of carbonyl (C=O) groups is 6. The molecule has 2 aromatic rings. The molecule has 21 heteroatoms. The first-order valence-corrected chi connectivity index (χ1v) is 24.9. The highest BCUT2D eigenvalue weighted by Crippen LogP contribution is 2.16. The lowest BCUT2D eigenvalue weighted by Gasteiger charge is -2.22. The van der Waals surface area contributed by atoms with Crippen LogP contribution in [0.2, 0.25) is 0 Å². The Kier molecular flexibility index (Phi) is 38.3. The zero-order valence-corrected chi connectivity index (χ0v) is 46.7. The van der Waals surface area contributed by atoms with Crippen LogP contribution < -0.4 is 0 Å². The maximum atomic E-state index is 11.9. The second-order valence-corrected chi connectivity index (χ2v) is 18.9. The summed E-state index contributed by atoms with van der Waals surface area (Å²) < 4.78 is 78.7. The monoisotopic (exact) mass is 1070 g/mol. The first-order chi connectivity index (χ1) is 35.3. The van der Waals surface area contributed by atoms with Gasteiger partial charge in [0.15, 0.2) is 0 Å². The molecule has 0 aliphatic carbocycles. The standard InChI is InChI=1S/C24H30O7.C18H34O7.C12H22O7/c1-19(2)31-24(29-15-13-27-22(25)17-20-9-5-3-6-10-20)30-16-14-28-23(26)18-21-11-7-4-8-12-21;1-13(2)25-16(23-11-9-21-14(19)17(3,4)5)24-12-10-22-15(20)18(6,7)8;1-9(2)19-12(17-7-5-15-10(3)13)18-8-6-16-11(4)14/h3-12,19,24H,13-18H2,1-2H3;13,16H,9-12H2,1-8H3;9,12H,5-8H2,1-4H3. The van der Waals surface area contributed by atoms with E-state index in [-0.39, 0.29) is 146 Å². The predicted molar refractivity (Wildman–Crippen MR) is 272 cm³/mol. The van der Waals surface area contributed by atoms with Gasteiger partial charge in [-0.3, -0.25) is 28.8 Å². The third kappa shape index (κ3) is 42.8. The lowest BCUT2D eigenvalue weighted by Crippen LogP contribution is -2.30. The van der Waals surface area contributed by atoms with Gasteiger partial charge in [0.05, 0.1) is 81.6 Å². The molecule has 0 N–H and O–H groups in total. The average Bonchev–Trinajstić information content (AvgIpc) is 3.31. The van der Waals surface area contributed by atoms with Crippen molar-refractivity contribution in [1.29, 1.82) is 0 Å².